The van der Waals surface area contributed by atoms with Crippen LogP contribution in [0.25, 0.3) is 0 Å². The zero-order chi connectivity index (χ0) is 13.4. The van der Waals surface area contributed by atoms with Crippen LogP contribution in [0.5, 0.6) is 5.75 Å². The summed E-state index contributed by atoms with van der Waals surface area (Å²) in [6, 6.07) is 3.40. The molecular weight excluding hydrogens is 307 g/mol. The first-order chi connectivity index (χ1) is 9.13. The highest BCUT2D eigenvalue weighted by atomic mass is 79.9. The van der Waals surface area contributed by atoms with Gasteiger partial charge in [-0.3, -0.25) is 0 Å². The Kier molecular flexibility index (Phi) is 3.84. The molecule has 1 aliphatic carbocycles. The SMILES string of the molecule is CC1CCC(C2COc3cc(Br)c(F)cc3C2)CC1. The van der Waals surface area contributed by atoms with Gasteiger partial charge < -0.3 is 4.74 Å². The van der Waals surface area contributed by atoms with Crippen LogP contribution in [0.4, 0.5) is 4.39 Å². The molecule has 0 radical (unpaired) electrons. The molecule has 1 aromatic carbocycles. The maximum Gasteiger partial charge on any atom is 0.137 e. The first-order valence-electron chi connectivity index (χ1n) is 7.24. The Morgan fingerprint density at radius 1 is 1.16 bits per heavy atom. The molecule has 1 aliphatic heterocycles. The highest BCUT2D eigenvalue weighted by Gasteiger charge is 2.30. The molecule has 19 heavy (non-hydrogen) atoms. The summed E-state index contributed by atoms with van der Waals surface area (Å²) in [4.78, 5) is 0. The third-order valence-corrected chi connectivity index (χ3v) is 5.37. The van der Waals surface area contributed by atoms with E-state index in [2.05, 4.69) is 22.9 Å². The molecule has 104 valence electrons. The van der Waals surface area contributed by atoms with Crippen LogP contribution in [0.3, 0.4) is 0 Å². The van der Waals surface area contributed by atoms with Gasteiger partial charge in [0.15, 0.2) is 0 Å². The highest BCUT2D eigenvalue weighted by Crippen LogP contribution is 2.39. The summed E-state index contributed by atoms with van der Waals surface area (Å²) in [5, 5.41) is 0. The average molecular weight is 327 g/mol. The fourth-order valence-corrected chi connectivity index (χ4v) is 3.78. The predicted molar refractivity (Wildman–Crippen MR) is 77.9 cm³/mol. The van der Waals surface area contributed by atoms with E-state index in [9.17, 15) is 4.39 Å². The molecule has 0 amide bonds. The predicted octanol–water partition coefficient (Wildman–Crippen LogP) is 4.97. The lowest BCUT2D eigenvalue weighted by Gasteiger charge is -2.35. The number of halogens is 2. The number of rotatable bonds is 1. The maximum atomic E-state index is 13.6. The fraction of sp³-hybridized carbons (Fsp3) is 0.625. The smallest absolute Gasteiger partial charge is 0.137 e. The topological polar surface area (TPSA) is 9.23 Å². The van der Waals surface area contributed by atoms with Gasteiger partial charge in [0.25, 0.3) is 0 Å². The Morgan fingerprint density at radius 2 is 1.89 bits per heavy atom. The molecule has 1 heterocycles. The molecule has 0 aromatic heterocycles. The third kappa shape index (κ3) is 2.81. The molecule has 0 N–H and O–H groups in total. The number of benzene rings is 1. The van der Waals surface area contributed by atoms with Crippen molar-refractivity contribution in [3.8, 4) is 5.75 Å². The molecule has 0 saturated heterocycles. The quantitative estimate of drug-likeness (QED) is 0.708. The van der Waals surface area contributed by atoms with Gasteiger partial charge in [0.05, 0.1) is 11.1 Å². The van der Waals surface area contributed by atoms with Crippen LogP contribution in [-0.4, -0.2) is 6.61 Å². The number of ether oxygens (including phenoxy) is 1. The Hall–Kier alpha value is -0.570. The molecule has 1 unspecified atom stereocenters. The van der Waals surface area contributed by atoms with Crippen molar-refractivity contribution in [1.29, 1.82) is 0 Å². The van der Waals surface area contributed by atoms with E-state index in [-0.39, 0.29) is 5.82 Å². The Bertz CT molecular complexity index is 466. The molecule has 1 fully saturated rings. The van der Waals surface area contributed by atoms with E-state index >= 15 is 0 Å². The van der Waals surface area contributed by atoms with Crippen LogP contribution in [0.1, 0.15) is 38.2 Å². The van der Waals surface area contributed by atoms with Gasteiger partial charge in [-0.1, -0.05) is 19.8 Å². The Balaban J connectivity index is 1.73. The van der Waals surface area contributed by atoms with Crippen LogP contribution in [0.15, 0.2) is 16.6 Å². The molecule has 2 aliphatic rings. The maximum absolute atomic E-state index is 13.6. The average Bonchev–Trinajstić information content (AvgIpc) is 2.40. The van der Waals surface area contributed by atoms with Crippen molar-refractivity contribution < 1.29 is 9.13 Å². The molecular formula is C16H20BrFO. The van der Waals surface area contributed by atoms with Gasteiger partial charge in [0.1, 0.15) is 11.6 Å². The molecule has 1 aromatic rings. The van der Waals surface area contributed by atoms with Crippen LogP contribution < -0.4 is 4.74 Å². The second-order valence-electron chi connectivity index (χ2n) is 6.17. The summed E-state index contributed by atoms with van der Waals surface area (Å²) < 4.78 is 20.0. The molecule has 3 rings (SSSR count). The standard InChI is InChI=1S/C16H20BrFO/c1-10-2-4-11(5-3-10)13-6-12-7-15(18)14(17)8-16(12)19-9-13/h7-8,10-11,13H,2-6,9H2,1H3. The first kappa shape index (κ1) is 13.4. The Morgan fingerprint density at radius 3 is 2.63 bits per heavy atom. The van der Waals surface area contributed by atoms with Crippen molar-refractivity contribution >= 4 is 15.9 Å². The zero-order valence-electron chi connectivity index (χ0n) is 11.3. The molecule has 3 heteroatoms. The molecule has 0 bridgehead atoms. The minimum atomic E-state index is -0.180. The zero-order valence-corrected chi connectivity index (χ0v) is 12.9. The number of fused-ring (bicyclic) bond motifs is 1. The summed E-state index contributed by atoms with van der Waals surface area (Å²) >= 11 is 3.22. The van der Waals surface area contributed by atoms with E-state index in [0.717, 1.165) is 36.2 Å². The first-order valence-corrected chi connectivity index (χ1v) is 8.03. The van der Waals surface area contributed by atoms with Gasteiger partial charge in [0, 0.05) is 0 Å². The van der Waals surface area contributed by atoms with Crippen molar-refractivity contribution in [2.45, 2.75) is 39.0 Å². The van der Waals surface area contributed by atoms with Crippen molar-refractivity contribution in [2.24, 2.45) is 17.8 Å². The highest BCUT2D eigenvalue weighted by molar-refractivity contribution is 9.10. The third-order valence-electron chi connectivity index (χ3n) is 4.77. The molecule has 0 spiro atoms. The van der Waals surface area contributed by atoms with E-state index in [1.807, 2.05) is 0 Å². The van der Waals surface area contributed by atoms with E-state index in [0.29, 0.717) is 10.4 Å². The van der Waals surface area contributed by atoms with Gasteiger partial charge in [0.2, 0.25) is 0 Å². The summed E-state index contributed by atoms with van der Waals surface area (Å²) in [6.45, 7) is 3.14. The van der Waals surface area contributed by atoms with Gasteiger partial charge in [-0.25, -0.2) is 4.39 Å². The summed E-state index contributed by atoms with van der Waals surface area (Å²) in [7, 11) is 0. The van der Waals surface area contributed by atoms with Crippen molar-refractivity contribution in [2.75, 3.05) is 6.61 Å². The lowest BCUT2D eigenvalue weighted by molar-refractivity contribution is 0.130. The van der Waals surface area contributed by atoms with Gasteiger partial charge in [-0.2, -0.15) is 0 Å². The van der Waals surface area contributed by atoms with Crippen LogP contribution in [0.2, 0.25) is 0 Å². The molecule has 1 saturated carbocycles. The van der Waals surface area contributed by atoms with Crippen molar-refractivity contribution in [1.82, 2.24) is 0 Å². The van der Waals surface area contributed by atoms with E-state index in [4.69, 9.17) is 4.74 Å². The van der Waals surface area contributed by atoms with Crippen LogP contribution in [-0.2, 0) is 6.42 Å². The van der Waals surface area contributed by atoms with Gasteiger partial charge in [-0.05, 0) is 70.6 Å². The number of hydrogen-bond donors (Lipinski definition) is 0. The Labute approximate surface area is 122 Å². The van der Waals surface area contributed by atoms with Gasteiger partial charge >= 0.3 is 0 Å². The monoisotopic (exact) mass is 326 g/mol. The van der Waals surface area contributed by atoms with Crippen LogP contribution in [0, 0.1) is 23.6 Å². The second kappa shape index (κ2) is 5.43. The lowest BCUT2D eigenvalue weighted by atomic mass is 9.74. The van der Waals surface area contributed by atoms with Crippen molar-refractivity contribution in [3.05, 3.63) is 28.0 Å². The van der Waals surface area contributed by atoms with E-state index < -0.39 is 0 Å². The molecule has 1 atom stereocenters. The van der Waals surface area contributed by atoms with Crippen molar-refractivity contribution in [3.63, 3.8) is 0 Å². The van der Waals surface area contributed by atoms with E-state index in [1.54, 1.807) is 12.1 Å². The summed E-state index contributed by atoms with van der Waals surface area (Å²) in [6.07, 6.45) is 6.26. The number of hydrogen-bond acceptors (Lipinski definition) is 1. The largest absolute Gasteiger partial charge is 0.493 e. The summed E-state index contributed by atoms with van der Waals surface area (Å²) in [5.74, 6) is 2.88. The van der Waals surface area contributed by atoms with Crippen LogP contribution >= 0.6 is 15.9 Å². The minimum absolute atomic E-state index is 0.180. The normalized spacial score (nSPS) is 30.6. The second-order valence-corrected chi connectivity index (χ2v) is 7.02. The summed E-state index contributed by atoms with van der Waals surface area (Å²) in [5.41, 5.74) is 1.04. The minimum Gasteiger partial charge on any atom is -0.493 e. The molecule has 1 nitrogen and oxygen atoms in total. The lowest BCUT2D eigenvalue weighted by Crippen LogP contribution is -2.30. The van der Waals surface area contributed by atoms with Gasteiger partial charge in [-0.15, -0.1) is 0 Å². The van der Waals surface area contributed by atoms with E-state index in [1.165, 1.54) is 25.7 Å². The fourth-order valence-electron chi connectivity index (χ4n) is 3.46.